The molecule has 1 aliphatic rings. The molecule has 1 aromatic heterocycles. The molecule has 100 valence electrons. The lowest BCUT2D eigenvalue weighted by atomic mass is 9.82. The van der Waals surface area contributed by atoms with Crippen molar-refractivity contribution in [1.29, 1.82) is 0 Å². The van der Waals surface area contributed by atoms with Gasteiger partial charge in [-0.1, -0.05) is 0 Å². The zero-order chi connectivity index (χ0) is 18.8. The quantitative estimate of drug-likeness (QED) is 0.805. The highest BCUT2D eigenvalue weighted by atomic mass is 16.7. The first-order valence-corrected chi connectivity index (χ1v) is 5.66. The van der Waals surface area contributed by atoms with Crippen LogP contribution in [-0.2, 0) is 15.8 Å². The van der Waals surface area contributed by atoms with Crippen LogP contribution in [0, 0.1) is 0 Å². The topological polar surface area (TPSA) is 56.5 Å². The predicted molar refractivity (Wildman–Crippen MR) is 69.6 cm³/mol. The third kappa shape index (κ3) is 2.46. The molecule has 1 aliphatic heterocycles. The Balaban J connectivity index is 2.32. The van der Waals surface area contributed by atoms with Crippen molar-refractivity contribution in [2.75, 3.05) is 0 Å². The highest BCUT2D eigenvalue weighted by Gasteiger charge is 2.52. The second kappa shape index (κ2) is 4.37. The highest BCUT2D eigenvalue weighted by Crippen LogP contribution is 2.36. The minimum Gasteiger partial charge on any atom is -0.399 e. The van der Waals surface area contributed by atoms with Crippen molar-refractivity contribution < 1.29 is 22.6 Å². The van der Waals surface area contributed by atoms with Crippen LogP contribution in [0.3, 0.4) is 0 Å². The summed E-state index contributed by atoms with van der Waals surface area (Å²) in [5.74, 6) is 0. The van der Waals surface area contributed by atoms with E-state index >= 15 is 0 Å². The molecule has 0 aromatic carbocycles. The summed E-state index contributed by atoms with van der Waals surface area (Å²) < 4.78 is 57.0. The zero-order valence-electron chi connectivity index (χ0n) is 16.9. The Bertz CT molecular complexity index is 613. The van der Waals surface area contributed by atoms with Gasteiger partial charge in [-0.25, -0.2) is 0 Å². The van der Waals surface area contributed by atoms with Crippen molar-refractivity contribution >= 4 is 12.6 Å². The molecule has 18 heavy (non-hydrogen) atoms. The zero-order valence-corrected chi connectivity index (χ0v) is 10.9. The molecule has 0 aliphatic carbocycles. The monoisotopic (exact) mass is 258 g/mol. The third-order valence-electron chi connectivity index (χ3n) is 3.35. The van der Waals surface area contributed by atoms with Gasteiger partial charge in [0.05, 0.1) is 27.9 Å². The van der Waals surface area contributed by atoms with Crippen LogP contribution in [-0.4, -0.2) is 39.3 Å². The first-order valence-electron chi connectivity index (χ1n) is 8.66. The maximum Gasteiger partial charge on any atom is 0.498 e. The van der Waals surface area contributed by atoms with Crippen molar-refractivity contribution in [3.8, 4) is 0 Å². The van der Waals surface area contributed by atoms with Gasteiger partial charge in [0.15, 0.2) is 0 Å². The molecular weight excluding hydrogens is 231 g/mol. The molecule has 0 saturated carbocycles. The third-order valence-corrected chi connectivity index (χ3v) is 3.35. The minimum atomic E-state index is -3.38. The number of rotatable bonds is 3. The van der Waals surface area contributed by atoms with Crippen LogP contribution in [0.15, 0.2) is 12.4 Å². The second-order valence-electron chi connectivity index (χ2n) is 5.27. The predicted octanol–water partition coefficient (Wildman–Crippen LogP) is 0.563. The summed E-state index contributed by atoms with van der Waals surface area (Å²) in [4.78, 5) is 0. The van der Waals surface area contributed by atoms with E-state index in [1.54, 1.807) is 0 Å². The van der Waals surface area contributed by atoms with Crippen molar-refractivity contribution in [3.05, 3.63) is 12.4 Å². The maximum atomic E-state index is 9.88. The van der Waals surface area contributed by atoms with Gasteiger partial charge in [-0.2, -0.15) is 5.10 Å². The van der Waals surface area contributed by atoms with Crippen LogP contribution in [0.4, 0.5) is 0 Å². The summed E-state index contributed by atoms with van der Waals surface area (Å²) in [6, 6.07) is 0. The molecule has 5 nitrogen and oxygen atoms in total. The van der Waals surface area contributed by atoms with Crippen LogP contribution >= 0.6 is 0 Å². The Kier molecular flexibility index (Phi) is 1.86. The second-order valence-corrected chi connectivity index (χ2v) is 5.27. The van der Waals surface area contributed by atoms with Crippen molar-refractivity contribution in [3.63, 3.8) is 0 Å². The Morgan fingerprint density at radius 2 is 2.17 bits per heavy atom. The summed E-state index contributed by atoms with van der Waals surface area (Å²) in [7, 11) is -0.814. The van der Waals surface area contributed by atoms with E-state index in [1.807, 2.05) is 27.7 Å². The van der Waals surface area contributed by atoms with Gasteiger partial charge in [0.2, 0.25) is 0 Å². The Hall–Kier alpha value is -0.845. The molecule has 0 bridgehead atoms. The lowest BCUT2D eigenvalue weighted by molar-refractivity contribution is 0.00578. The summed E-state index contributed by atoms with van der Waals surface area (Å²) in [5, 5.41) is 13.6. The molecule has 0 spiro atoms. The van der Waals surface area contributed by atoms with Gasteiger partial charge in [-0.15, -0.1) is 0 Å². The summed E-state index contributed by atoms with van der Waals surface area (Å²) in [6.07, 6.45) is -0.942. The van der Waals surface area contributed by atoms with E-state index in [1.165, 1.54) is 12.4 Å². The van der Waals surface area contributed by atoms with E-state index in [4.69, 9.17) is 17.5 Å². The molecule has 1 saturated heterocycles. The van der Waals surface area contributed by atoms with Gasteiger partial charge in [0.25, 0.3) is 0 Å². The number of hydrogen-bond donors (Lipinski definition) is 1. The molecule has 1 fully saturated rings. The van der Waals surface area contributed by atoms with Crippen LogP contribution < -0.4 is 5.46 Å². The van der Waals surface area contributed by atoms with Crippen LogP contribution in [0.5, 0.6) is 0 Å². The van der Waals surface area contributed by atoms with E-state index in [0.29, 0.717) is 10.1 Å². The fourth-order valence-electron chi connectivity index (χ4n) is 1.61. The summed E-state index contributed by atoms with van der Waals surface area (Å²) >= 11 is 0. The molecule has 0 unspecified atom stereocenters. The maximum absolute atomic E-state index is 9.88. The molecule has 0 amide bonds. The van der Waals surface area contributed by atoms with Gasteiger partial charge in [0.1, 0.15) is 0 Å². The first-order chi connectivity index (χ1) is 10.5. The number of nitrogens with zero attached hydrogens (tertiary/aromatic N) is 2. The average Bonchev–Trinajstić information content (AvgIpc) is 2.92. The van der Waals surface area contributed by atoms with E-state index in [-0.39, 0.29) is 0 Å². The summed E-state index contributed by atoms with van der Waals surface area (Å²) in [6.45, 7) is 1.18. The van der Waals surface area contributed by atoms with Gasteiger partial charge in [0, 0.05) is 22.0 Å². The highest BCUT2D eigenvalue weighted by molar-refractivity contribution is 6.61. The van der Waals surface area contributed by atoms with E-state index in [9.17, 15) is 5.11 Å². The Morgan fingerprint density at radius 3 is 2.72 bits per heavy atom. The van der Waals surface area contributed by atoms with Crippen molar-refractivity contribution in [2.45, 2.75) is 58.3 Å². The normalized spacial score (nSPS) is 31.5. The van der Waals surface area contributed by atoms with Crippen molar-refractivity contribution in [2.24, 2.45) is 0 Å². The number of hydrogen-bond acceptors (Lipinski definition) is 4. The van der Waals surface area contributed by atoms with E-state index < -0.39 is 37.7 Å². The molecule has 1 atom stereocenters. The fourth-order valence-corrected chi connectivity index (χ4v) is 1.61. The largest absolute Gasteiger partial charge is 0.498 e. The SMILES string of the molecule is [2H]C([2H])([2H])[C@]([2H])(O)C([2H])([2H])n1cc(B2OC(C)(C)C(C)(C)O2)cn1. The van der Waals surface area contributed by atoms with Gasteiger partial charge < -0.3 is 14.4 Å². The van der Waals surface area contributed by atoms with Gasteiger partial charge in [-0.05, 0) is 34.5 Å². The van der Waals surface area contributed by atoms with Gasteiger partial charge in [-0.3, -0.25) is 4.68 Å². The fraction of sp³-hybridized carbons (Fsp3) is 0.750. The Labute approximate surface area is 117 Å². The van der Waals surface area contributed by atoms with Gasteiger partial charge >= 0.3 is 7.12 Å². The standard InChI is InChI=1S/C12H21BN2O3/c1-9(16)7-15-8-10(6-14-15)13-17-11(2,3)12(4,5)18-13/h6,8-9,16H,7H2,1-5H3/t9-/m0/s1/i1D3,7D2,9D. The molecular formula is C12H21BN2O3. The lowest BCUT2D eigenvalue weighted by Crippen LogP contribution is -2.41. The smallest absolute Gasteiger partial charge is 0.399 e. The first kappa shape index (κ1) is 7.67. The number of aromatic nitrogens is 2. The number of aliphatic hydroxyl groups is 1. The molecule has 1 N–H and O–H groups in total. The van der Waals surface area contributed by atoms with Crippen molar-refractivity contribution in [1.82, 2.24) is 9.78 Å². The molecule has 2 heterocycles. The van der Waals surface area contributed by atoms with E-state index in [2.05, 4.69) is 5.10 Å². The lowest BCUT2D eigenvalue weighted by Gasteiger charge is -2.32. The minimum absolute atomic E-state index is 0.360. The molecule has 1 aromatic rings. The summed E-state index contributed by atoms with van der Waals surface area (Å²) in [5.41, 5.74) is -0.847. The van der Waals surface area contributed by atoms with E-state index in [0.717, 1.165) is 0 Å². The molecule has 2 rings (SSSR count). The van der Waals surface area contributed by atoms with Crippen LogP contribution in [0.25, 0.3) is 0 Å². The Morgan fingerprint density at radius 1 is 1.56 bits per heavy atom. The van der Waals surface area contributed by atoms with Crippen LogP contribution in [0.1, 0.15) is 42.8 Å². The molecule has 0 radical (unpaired) electrons. The van der Waals surface area contributed by atoms with Crippen LogP contribution in [0.2, 0.25) is 0 Å². The average molecular weight is 258 g/mol. The molecule has 6 heteroatoms.